The minimum absolute atomic E-state index is 0.136. The van der Waals surface area contributed by atoms with Gasteiger partial charge >= 0.3 is 0 Å². The van der Waals surface area contributed by atoms with Crippen molar-refractivity contribution in [3.05, 3.63) is 81.7 Å². The van der Waals surface area contributed by atoms with Crippen LogP contribution in [0.3, 0.4) is 0 Å². The summed E-state index contributed by atoms with van der Waals surface area (Å²) in [6.45, 7) is 4.48. The van der Waals surface area contributed by atoms with E-state index in [-0.39, 0.29) is 18.2 Å². The van der Waals surface area contributed by atoms with Crippen molar-refractivity contribution in [1.82, 2.24) is 15.5 Å². The van der Waals surface area contributed by atoms with E-state index in [0.29, 0.717) is 22.1 Å². The fourth-order valence-electron chi connectivity index (χ4n) is 3.18. The molecule has 0 spiro atoms. The molecule has 0 atom stereocenters. The Morgan fingerprint density at radius 1 is 1.00 bits per heavy atom. The van der Waals surface area contributed by atoms with Crippen LogP contribution in [0.1, 0.15) is 31.9 Å². The number of fused-ring (bicyclic) bond motifs is 1. The molecule has 0 saturated carbocycles. The molecule has 2 aromatic heterocycles. The molecule has 0 fully saturated rings. The minimum atomic E-state index is -0.157. The van der Waals surface area contributed by atoms with Gasteiger partial charge in [-0.05, 0) is 31.0 Å². The van der Waals surface area contributed by atoms with Gasteiger partial charge < -0.3 is 10.6 Å². The normalized spacial score (nSPS) is 10.9. The first-order chi connectivity index (χ1) is 14.5. The molecule has 0 radical (unpaired) electrons. The van der Waals surface area contributed by atoms with Crippen molar-refractivity contribution in [2.75, 3.05) is 5.32 Å². The first kappa shape index (κ1) is 19.8. The summed E-state index contributed by atoms with van der Waals surface area (Å²) in [5.74, 6) is 0.217. The largest absolute Gasteiger partial charge is 0.347 e. The first-order valence-corrected chi connectivity index (χ1v) is 10.5. The molecule has 0 saturated heterocycles. The van der Waals surface area contributed by atoms with Gasteiger partial charge in [-0.25, -0.2) is 0 Å². The molecule has 2 heterocycles. The molecular weight excluding hydrogens is 396 g/mol. The van der Waals surface area contributed by atoms with E-state index in [0.717, 1.165) is 22.1 Å². The lowest BCUT2D eigenvalue weighted by molar-refractivity contribution is -0.115. The minimum Gasteiger partial charge on any atom is -0.347 e. The third-order valence-electron chi connectivity index (χ3n) is 4.76. The van der Waals surface area contributed by atoms with E-state index in [9.17, 15) is 9.59 Å². The number of aromatic nitrogens is 2. The van der Waals surface area contributed by atoms with Crippen LogP contribution in [-0.2, 0) is 17.8 Å². The van der Waals surface area contributed by atoms with Crippen molar-refractivity contribution in [3.8, 4) is 0 Å². The number of anilines is 1. The summed E-state index contributed by atoms with van der Waals surface area (Å²) in [7, 11) is 0. The molecule has 0 aliphatic carbocycles. The highest BCUT2D eigenvalue weighted by molar-refractivity contribution is 7.20. The molecular formula is C23H22N4O2S. The van der Waals surface area contributed by atoms with E-state index in [4.69, 9.17) is 0 Å². The Bertz CT molecular complexity index is 1210. The van der Waals surface area contributed by atoms with Gasteiger partial charge in [0.2, 0.25) is 5.91 Å². The van der Waals surface area contributed by atoms with Gasteiger partial charge in [0.15, 0.2) is 0 Å². The van der Waals surface area contributed by atoms with Crippen LogP contribution < -0.4 is 10.6 Å². The van der Waals surface area contributed by atoms with Crippen molar-refractivity contribution in [3.63, 3.8) is 0 Å². The number of hydrogen-bond donors (Lipinski definition) is 3. The van der Waals surface area contributed by atoms with E-state index in [1.165, 1.54) is 16.9 Å². The molecule has 0 aliphatic heterocycles. The van der Waals surface area contributed by atoms with Crippen LogP contribution in [0.25, 0.3) is 10.2 Å². The van der Waals surface area contributed by atoms with E-state index in [1.54, 1.807) is 6.07 Å². The predicted octanol–water partition coefficient (Wildman–Crippen LogP) is 4.35. The molecule has 2 amide bonds. The van der Waals surface area contributed by atoms with E-state index < -0.39 is 0 Å². The van der Waals surface area contributed by atoms with Crippen LogP contribution in [-0.4, -0.2) is 22.0 Å². The molecule has 0 aliphatic rings. The number of H-pyrrole nitrogens is 1. The van der Waals surface area contributed by atoms with Crippen molar-refractivity contribution in [1.29, 1.82) is 0 Å². The van der Waals surface area contributed by atoms with Gasteiger partial charge in [-0.15, -0.1) is 11.3 Å². The fourth-order valence-corrected chi connectivity index (χ4v) is 4.10. The maximum Gasteiger partial charge on any atom is 0.261 e. The highest BCUT2D eigenvalue weighted by atomic mass is 32.1. The van der Waals surface area contributed by atoms with Crippen molar-refractivity contribution in [2.24, 2.45) is 0 Å². The molecule has 0 bridgehead atoms. The molecule has 4 aromatic rings. The Morgan fingerprint density at radius 3 is 2.57 bits per heavy atom. The number of thiophene rings is 1. The number of aryl methyl sites for hydroxylation is 2. The standard InChI is InChI=1S/C23H22N4O2S/c1-14-6-8-16(9-7-14)13-24-22(29)19-12-18-21(26-27-23(18)30-19)25-20(28)11-17-5-3-4-15(2)10-17/h3-10,12H,11,13H2,1-2H3,(H,24,29)(H2,25,26,27,28). The van der Waals surface area contributed by atoms with Gasteiger partial charge in [0.25, 0.3) is 5.91 Å². The maximum absolute atomic E-state index is 12.5. The lowest BCUT2D eigenvalue weighted by Gasteiger charge is -2.05. The van der Waals surface area contributed by atoms with Gasteiger partial charge in [-0.2, -0.15) is 5.10 Å². The molecule has 6 nitrogen and oxygen atoms in total. The molecule has 2 aromatic carbocycles. The molecule has 7 heteroatoms. The number of hydrogen-bond acceptors (Lipinski definition) is 4. The van der Waals surface area contributed by atoms with E-state index >= 15 is 0 Å². The first-order valence-electron chi connectivity index (χ1n) is 9.65. The zero-order chi connectivity index (χ0) is 21.1. The number of aromatic amines is 1. The highest BCUT2D eigenvalue weighted by Gasteiger charge is 2.16. The zero-order valence-electron chi connectivity index (χ0n) is 16.8. The third kappa shape index (κ3) is 4.58. The second kappa shape index (κ2) is 8.51. The van der Waals surface area contributed by atoms with Gasteiger partial charge in [0.05, 0.1) is 16.7 Å². The predicted molar refractivity (Wildman–Crippen MR) is 120 cm³/mol. The van der Waals surface area contributed by atoms with Gasteiger partial charge in [-0.1, -0.05) is 59.7 Å². The SMILES string of the molecule is Cc1ccc(CNC(=O)c2cc3c(NC(=O)Cc4cccc(C)c4)[nH]nc3s2)cc1. The molecule has 152 valence electrons. The second-order valence-electron chi connectivity index (χ2n) is 7.31. The third-order valence-corrected chi connectivity index (χ3v) is 5.79. The number of benzene rings is 2. The summed E-state index contributed by atoms with van der Waals surface area (Å²) in [6, 6.07) is 17.6. The number of rotatable bonds is 6. The number of carbonyl (C=O) groups excluding carboxylic acids is 2. The Labute approximate surface area is 178 Å². The van der Waals surface area contributed by atoms with Gasteiger partial charge in [-0.3, -0.25) is 14.7 Å². The molecule has 0 unspecified atom stereocenters. The van der Waals surface area contributed by atoms with E-state index in [1.807, 2.05) is 62.4 Å². The Morgan fingerprint density at radius 2 is 1.80 bits per heavy atom. The summed E-state index contributed by atoms with van der Waals surface area (Å²) >= 11 is 1.29. The summed E-state index contributed by atoms with van der Waals surface area (Å²) < 4.78 is 0. The van der Waals surface area contributed by atoms with Crippen molar-refractivity contribution >= 4 is 39.2 Å². The number of nitrogens with one attached hydrogen (secondary N) is 3. The number of amides is 2. The van der Waals surface area contributed by atoms with Crippen LogP contribution in [0.5, 0.6) is 0 Å². The number of nitrogens with zero attached hydrogens (tertiary/aromatic N) is 1. The molecule has 3 N–H and O–H groups in total. The Kier molecular flexibility index (Phi) is 5.63. The Balaban J connectivity index is 1.42. The van der Waals surface area contributed by atoms with Crippen molar-refractivity contribution < 1.29 is 9.59 Å². The van der Waals surface area contributed by atoms with Crippen LogP contribution >= 0.6 is 11.3 Å². The summed E-state index contributed by atoms with van der Waals surface area (Å²) in [5.41, 5.74) is 4.29. The van der Waals surface area contributed by atoms with Crippen molar-refractivity contribution in [2.45, 2.75) is 26.8 Å². The summed E-state index contributed by atoms with van der Waals surface area (Å²) in [6.07, 6.45) is 0.274. The smallest absolute Gasteiger partial charge is 0.261 e. The molecule has 30 heavy (non-hydrogen) atoms. The van der Waals surface area contributed by atoms with Crippen LogP contribution in [0.2, 0.25) is 0 Å². The topological polar surface area (TPSA) is 86.9 Å². The van der Waals surface area contributed by atoms with Crippen LogP contribution in [0.15, 0.2) is 54.6 Å². The van der Waals surface area contributed by atoms with E-state index in [2.05, 4.69) is 20.8 Å². The lowest BCUT2D eigenvalue weighted by atomic mass is 10.1. The quantitative estimate of drug-likeness (QED) is 0.435. The second-order valence-corrected chi connectivity index (χ2v) is 8.34. The lowest BCUT2D eigenvalue weighted by Crippen LogP contribution is -2.21. The summed E-state index contributed by atoms with van der Waals surface area (Å²) in [4.78, 5) is 26.2. The van der Waals surface area contributed by atoms with Gasteiger partial charge in [0.1, 0.15) is 10.6 Å². The zero-order valence-corrected chi connectivity index (χ0v) is 17.6. The number of carbonyl (C=O) groups is 2. The molecule has 4 rings (SSSR count). The average Bonchev–Trinajstić information content (AvgIpc) is 3.29. The monoisotopic (exact) mass is 418 g/mol. The highest BCUT2D eigenvalue weighted by Crippen LogP contribution is 2.29. The fraction of sp³-hybridized carbons (Fsp3) is 0.174. The van der Waals surface area contributed by atoms with Crippen LogP contribution in [0.4, 0.5) is 5.82 Å². The van der Waals surface area contributed by atoms with Gasteiger partial charge in [0, 0.05) is 6.54 Å². The Hall–Kier alpha value is -3.45. The van der Waals surface area contributed by atoms with Crippen LogP contribution in [0, 0.1) is 13.8 Å². The average molecular weight is 419 g/mol. The summed E-state index contributed by atoms with van der Waals surface area (Å²) in [5, 5.41) is 13.6. The maximum atomic E-state index is 12.5.